The molecule has 0 aliphatic heterocycles. The van der Waals surface area contributed by atoms with Gasteiger partial charge in [-0.05, 0) is 30.2 Å². The van der Waals surface area contributed by atoms with E-state index < -0.39 is 5.91 Å². The van der Waals surface area contributed by atoms with E-state index in [0.717, 1.165) is 29.3 Å². The van der Waals surface area contributed by atoms with Crippen molar-refractivity contribution in [1.82, 2.24) is 20.6 Å². The van der Waals surface area contributed by atoms with E-state index in [2.05, 4.69) is 38.8 Å². The molecular formula is C22H23BrN4O3. The first-order chi connectivity index (χ1) is 14.5. The molecule has 7 nitrogen and oxygen atoms in total. The van der Waals surface area contributed by atoms with Gasteiger partial charge in [0.25, 0.3) is 11.5 Å². The zero-order valence-electron chi connectivity index (χ0n) is 16.7. The Balaban J connectivity index is 1.76. The lowest BCUT2D eigenvalue weighted by Crippen LogP contribution is -2.43. The Morgan fingerprint density at radius 2 is 1.70 bits per heavy atom. The number of fused-ring (bicyclic) bond motifs is 1. The molecule has 2 aromatic carbocycles. The van der Waals surface area contributed by atoms with Crippen LogP contribution in [0, 0.1) is 0 Å². The first-order valence-corrected chi connectivity index (χ1v) is 10.6. The fraction of sp³-hybridized carbons (Fsp3) is 0.273. The molecule has 1 aromatic heterocycles. The van der Waals surface area contributed by atoms with Gasteiger partial charge in [0.15, 0.2) is 5.69 Å². The number of nitrogens with zero attached hydrogens (tertiary/aromatic N) is 2. The summed E-state index contributed by atoms with van der Waals surface area (Å²) in [5.41, 5.74) is 5.52. The van der Waals surface area contributed by atoms with Gasteiger partial charge in [0.05, 0.1) is 11.8 Å². The Kier molecular flexibility index (Phi) is 7.35. The summed E-state index contributed by atoms with van der Waals surface area (Å²) in [4.78, 5) is 37.6. The van der Waals surface area contributed by atoms with Gasteiger partial charge in [-0.25, -0.2) is 4.68 Å². The number of carbonyl (C=O) groups excluding carboxylic acids is 2. The summed E-state index contributed by atoms with van der Waals surface area (Å²) in [6.45, 7) is 2.51. The second-order valence-corrected chi connectivity index (χ2v) is 7.85. The number of rotatable bonds is 7. The Labute approximate surface area is 182 Å². The molecule has 0 fully saturated rings. The molecule has 8 heteroatoms. The highest BCUT2D eigenvalue weighted by Crippen LogP contribution is 2.14. The average molecular weight is 471 g/mol. The summed E-state index contributed by atoms with van der Waals surface area (Å²) in [6.07, 6.45) is 2.90. The van der Waals surface area contributed by atoms with Gasteiger partial charge in [0.2, 0.25) is 5.91 Å². The molecule has 0 radical (unpaired) electrons. The predicted octanol–water partition coefficient (Wildman–Crippen LogP) is 3.35. The minimum absolute atomic E-state index is 0.102. The van der Waals surface area contributed by atoms with Crippen molar-refractivity contribution in [3.8, 4) is 0 Å². The smallest absolute Gasteiger partial charge is 0.273 e. The largest absolute Gasteiger partial charge is 0.290 e. The van der Waals surface area contributed by atoms with Crippen LogP contribution < -0.4 is 16.4 Å². The average Bonchev–Trinajstić information content (AvgIpc) is 2.75. The van der Waals surface area contributed by atoms with Gasteiger partial charge in [-0.2, -0.15) is 5.10 Å². The van der Waals surface area contributed by atoms with Gasteiger partial charge >= 0.3 is 0 Å². The molecule has 1 heterocycles. The SMILES string of the molecule is CCCCCn1nc(C(=O)NNC(=O)Cc2ccc(Br)cc2)c2ccccc2c1=O. The minimum Gasteiger partial charge on any atom is -0.273 e. The van der Waals surface area contributed by atoms with Crippen molar-refractivity contribution in [1.29, 1.82) is 0 Å². The lowest BCUT2D eigenvalue weighted by Gasteiger charge is -2.12. The molecule has 0 unspecified atom stereocenters. The van der Waals surface area contributed by atoms with Crippen molar-refractivity contribution in [3.05, 3.63) is 74.6 Å². The van der Waals surface area contributed by atoms with Crippen molar-refractivity contribution in [2.24, 2.45) is 0 Å². The van der Waals surface area contributed by atoms with Gasteiger partial charge in [0.1, 0.15) is 0 Å². The van der Waals surface area contributed by atoms with E-state index in [-0.39, 0.29) is 23.6 Å². The Morgan fingerprint density at radius 1 is 1.00 bits per heavy atom. The van der Waals surface area contributed by atoms with Crippen molar-refractivity contribution in [2.45, 2.75) is 39.2 Å². The number of carbonyl (C=O) groups is 2. The highest BCUT2D eigenvalue weighted by molar-refractivity contribution is 9.10. The molecular weight excluding hydrogens is 448 g/mol. The molecule has 2 N–H and O–H groups in total. The van der Waals surface area contributed by atoms with E-state index in [1.54, 1.807) is 24.3 Å². The van der Waals surface area contributed by atoms with Gasteiger partial charge < -0.3 is 0 Å². The van der Waals surface area contributed by atoms with Gasteiger partial charge in [-0.1, -0.05) is 66.0 Å². The minimum atomic E-state index is -0.570. The third-order valence-corrected chi connectivity index (χ3v) is 5.18. The Morgan fingerprint density at radius 3 is 2.40 bits per heavy atom. The number of amides is 2. The van der Waals surface area contributed by atoms with E-state index in [0.29, 0.717) is 17.3 Å². The first kappa shape index (κ1) is 21.7. The molecule has 0 atom stereocenters. The van der Waals surface area contributed by atoms with E-state index in [1.165, 1.54) is 4.68 Å². The van der Waals surface area contributed by atoms with Crippen LogP contribution in [0.1, 0.15) is 42.2 Å². The second-order valence-electron chi connectivity index (χ2n) is 6.94. The maximum absolute atomic E-state index is 12.7. The van der Waals surface area contributed by atoms with Crippen molar-refractivity contribution in [3.63, 3.8) is 0 Å². The highest BCUT2D eigenvalue weighted by Gasteiger charge is 2.17. The van der Waals surface area contributed by atoms with Crippen LogP contribution in [0.15, 0.2) is 57.8 Å². The van der Waals surface area contributed by atoms with Gasteiger partial charge in [-0.3, -0.25) is 25.2 Å². The topological polar surface area (TPSA) is 93.1 Å². The van der Waals surface area contributed by atoms with Gasteiger partial charge in [-0.15, -0.1) is 0 Å². The molecule has 2 amide bonds. The van der Waals surface area contributed by atoms with Gasteiger partial charge in [0, 0.05) is 16.4 Å². The van der Waals surface area contributed by atoms with E-state index >= 15 is 0 Å². The molecule has 30 heavy (non-hydrogen) atoms. The fourth-order valence-corrected chi connectivity index (χ4v) is 3.35. The van der Waals surface area contributed by atoms with Crippen LogP contribution in [-0.4, -0.2) is 21.6 Å². The number of hydrogen-bond acceptors (Lipinski definition) is 4. The molecule has 0 aliphatic rings. The summed E-state index contributed by atoms with van der Waals surface area (Å²) in [6, 6.07) is 14.2. The number of benzene rings is 2. The predicted molar refractivity (Wildman–Crippen MR) is 119 cm³/mol. The maximum atomic E-state index is 12.7. The van der Waals surface area contributed by atoms with Crippen LogP contribution in [0.3, 0.4) is 0 Å². The van der Waals surface area contributed by atoms with E-state index in [4.69, 9.17) is 0 Å². The molecule has 0 saturated heterocycles. The third kappa shape index (κ3) is 5.33. The third-order valence-electron chi connectivity index (χ3n) is 4.65. The highest BCUT2D eigenvalue weighted by atomic mass is 79.9. The van der Waals surface area contributed by atoms with E-state index in [1.807, 2.05) is 24.3 Å². The summed E-state index contributed by atoms with van der Waals surface area (Å²) in [5, 5.41) is 5.16. The second kappa shape index (κ2) is 10.2. The van der Waals surface area contributed by atoms with Crippen LogP contribution in [-0.2, 0) is 17.8 Å². The summed E-state index contributed by atoms with van der Waals surface area (Å²) < 4.78 is 2.25. The number of unbranched alkanes of at least 4 members (excludes halogenated alkanes) is 2. The molecule has 3 aromatic rings. The monoisotopic (exact) mass is 470 g/mol. The van der Waals surface area contributed by atoms with Crippen LogP contribution >= 0.6 is 15.9 Å². The standard InChI is InChI=1S/C22H23BrN4O3/c1-2-3-6-13-27-22(30)18-8-5-4-7-17(18)20(26-27)21(29)25-24-19(28)14-15-9-11-16(23)12-10-15/h4-5,7-12H,2-3,6,13-14H2,1H3,(H,24,28)(H,25,29). The van der Waals surface area contributed by atoms with Crippen LogP contribution in [0.2, 0.25) is 0 Å². The lowest BCUT2D eigenvalue weighted by atomic mass is 10.1. The summed E-state index contributed by atoms with van der Waals surface area (Å²) >= 11 is 3.35. The Bertz CT molecular complexity index is 1110. The lowest BCUT2D eigenvalue weighted by molar-refractivity contribution is -0.121. The molecule has 0 bridgehead atoms. The zero-order chi connectivity index (χ0) is 21.5. The molecule has 0 aliphatic carbocycles. The molecule has 0 spiro atoms. The Hall–Kier alpha value is -3.00. The summed E-state index contributed by atoms with van der Waals surface area (Å²) in [5.74, 6) is -0.925. The van der Waals surface area contributed by atoms with Crippen LogP contribution in [0.25, 0.3) is 10.8 Å². The maximum Gasteiger partial charge on any atom is 0.290 e. The summed E-state index contributed by atoms with van der Waals surface area (Å²) in [7, 11) is 0. The van der Waals surface area contributed by atoms with Crippen LogP contribution in [0.4, 0.5) is 0 Å². The number of hydrogen-bond donors (Lipinski definition) is 2. The zero-order valence-corrected chi connectivity index (χ0v) is 18.2. The number of aryl methyl sites for hydroxylation is 1. The normalized spacial score (nSPS) is 10.7. The number of halogens is 1. The molecule has 0 saturated carbocycles. The van der Waals surface area contributed by atoms with E-state index in [9.17, 15) is 14.4 Å². The molecule has 3 rings (SSSR count). The van der Waals surface area contributed by atoms with Crippen LogP contribution in [0.5, 0.6) is 0 Å². The number of nitrogens with one attached hydrogen (secondary N) is 2. The fourth-order valence-electron chi connectivity index (χ4n) is 3.08. The van der Waals surface area contributed by atoms with Crippen molar-refractivity contribution in [2.75, 3.05) is 0 Å². The number of hydrazine groups is 1. The first-order valence-electron chi connectivity index (χ1n) is 9.83. The quantitative estimate of drug-likeness (QED) is 0.408. The molecule has 156 valence electrons. The number of aromatic nitrogens is 2. The van der Waals surface area contributed by atoms with Crippen molar-refractivity contribution >= 4 is 38.5 Å². The van der Waals surface area contributed by atoms with Crippen molar-refractivity contribution < 1.29 is 9.59 Å².